The maximum Gasteiger partial charge on any atom is 0.190 e. The van der Waals surface area contributed by atoms with E-state index < -0.39 is 23.4 Å². The Morgan fingerprint density at radius 3 is 2.78 bits per heavy atom. The highest BCUT2D eigenvalue weighted by Gasteiger charge is 2.81. The maximum absolute atomic E-state index is 12.6. The monoisotopic (exact) mass is 372 g/mol. The van der Waals surface area contributed by atoms with Crippen molar-refractivity contribution in [2.24, 2.45) is 28.6 Å². The quantitative estimate of drug-likeness (QED) is 0.724. The van der Waals surface area contributed by atoms with Crippen LogP contribution < -0.4 is 0 Å². The number of ether oxygens (including phenoxy) is 1. The predicted molar refractivity (Wildman–Crippen MR) is 97.7 cm³/mol. The number of fused-ring (bicyclic) bond motifs is 3. The van der Waals surface area contributed by atoms with Crippen LogP contribution in [0.4, 0.5) is 0 Å². The lowest BCUT2D eigenvalue weighted by Crippen LogP contribution is -2.62. The van der Waals surface area contributed by atoms with Crippen molar-refractivity contribution < 1.29 is 24.5 Å². The number of carbonyl (C=O) groups excluding carboxylic acids is 2. The predicted octanol–water partition coefficient (Wildman–Crippen LogP) is 1.96. The molecule has 0 bridgehead atoms. The van der Waals surface area contributed by atoms with Crippen molar-refractivity contribution in [3.8, 4) is 0 Å². The molecule has 1 aliphatic heterocycles. The molecule has 146 valence electrons. The topological polar surface area (TPSA) is 87.1 Å². The molecule has 4 fully saturated rings. The molecule has 0 aromatic rings. The van der Waals surface area contributed by atoms with Gasteiger partial charge >= 0.3 is 0 Å². The second-order valence-corrected chi connectivity index (χ2v) is 9.86. The lowest BCUT2D eigenvalue weighted by Gasteiger charge is -2.55. The molecule has 1 unspecified atom stereocenters. The number of hydrogen-bond donors (Lipinski definition) is 2. The third-order valence-corrected chi connectivity index (χ3v) is 9.08. The van der Waals surface area contributed by atoms with Gasteiger partial charge in [0.15, 0.2) is 11.6 Å². The highest BCUT2D eigenvalue weighted by atomic mass is 16.6. The van der Waals surface area contributed by atoms with E-state index in [0.717, 1.165) is 24.8 Å². The Morgan fingerprint density at radius 1 is 1.33 bits per heavy atom. The molecule has 5 aliphatic rings. The summed E-state index contributed by atoms with van der Waals surface area (Å²) in [5.41, 5.74) is -1.55. The third-order valence-electron chi connectivity index (χ3n) is 9.08. The fourth-order valence-corrected chi connectivity index (χ4v) is 7.70. The van der Waals surface area contributed by atoms with Crippen LogP contribution in [0, 0.1) is 28.6 Å². The Bertz CT molecular complexity index is 814. The van der Waals surface area contributed by atoms with Crippen molar-refractivity contribution in [3.63, 3.8) is 0 Å². The average Bonchev–Trinajstić information content (AvgIpc) is 3.31. The average molecular weight is 372 g/mol. The first-order chi connectivity index (χ1) is 12.6. The smallest absolute Gasteiger partial charge is 0.190 e. The van der Waals surface area contributed by atoms with Crippen molar-refractivity contribution in [3.05, 3.63) is 23.8 Å². The molecule has 27 heavy (non-hydrogen) atoms. The molecule has 1 spiro atoms. The summed E-state index contributed by atoms with van der Waals surface area (Å²) in [6.45, 7) is 5.51. The summed E-state index contributed by atoms with van der Waals surface area (Å²) < 4.78 is 6.43. The number of epoxide rings is 1. The summed E-state index contributed by atoms with van der Waals surface area (Å²) in [6, 6.07) is 0. The van der Waals surface area contributed by atoms with Crippen molar-refractivity contribution in [1.29, 1.82) is 0 Å². The zero-order valence-corrected chi connectivity index (χ0v) is 16.2. The van der Waals surface area contributed by atoms with Gasteiger partial charge in [0.25, 0.3) is 0 Å². The number of ketones is 2. The van der Waals surface area contributed by atoms with Gasteiger partial charge in [-0.05, 0) is 62.5 Å². The van der Waals surface area contributed by atoms with Crippen molar-refractivity contribution in [2.45, 2.75) is 63.8 Å². The number of carbonyl (C=O) groups is 2. The highest BCUT2D eigenvalue weighted by molar-refractivity contribution is 6.01. The number of allylic oxidation sites excluding steroid dienone is 2. The summed E-state index contributed by atoms with van der Waals surface area (Å²) in [4.78, 5) is 24.5. The van der Waals surface area contributed by atoms with Crippen LogP contribution in [0.15, 0.2) is 23.8 Å². The number of aliphatic hydroxyl groups is 2. The van der Waals surface area contributed by atoms with Gasteiger partial charge in [-0.3, -0.25) is 9.59 Å². The first-order valence-corrected chi connectivity index (χ1v) is 10.1. The lowest BCUT2D eigenvalue weighted by atomic mass is 9.46. The van der Waals surface area contributed by atoms with Crippen LogP contribution in [0.5, 0.6) is 0 Å². The Hall–Kier alpha value is -1.30. The minimum atomic E-state index is -1.50. The Labute approximate surface area is 159 Å². The van der Waals surface area contributed by atoms with Crippen LogP contribution in [0.3, 0.4) is 0 Å². The van der Waals surface area contributed by atoms with E-state index >= 15 is 0 Å². The van der Waals surface area contributed by atoms with Gasteiger partial charge in [0.05, 0.1) is 6.10 Å². The van der Waals surface area contributed by atoms with Crippen LogP contribution in [-0.2, 0) is 14.3 Å². The summed E-state index contributed by atoms with van der Waals surface area (Å²) >= 11 is 0. The summed E-state index contributed by atoms with van der Waals surface area (Å²) in [5, 5.41) is 21.0. The normalized spacial score (nSPS) is 55.1. The minimum absolute atomic E-state index is 0.0291. The molecule has 1 heterocycles. The summed E-state index contributed by atoms with van der Waals surface area (Å²) in [7, 11) is 0. The van der Waals surface area contributed by atoms with E-state index in [9.17, 15) is 19.8 Å². The van der Waals surface area contributed by atoms with E-state index in [0.29, 0.717) is 6.42 Å². The Morgan fingerprint density at radius 2 is 2.07 bits per heavy atom. The Balaban J connectivity index is 1.60. The molecular weight excluding hydrogens is 344 g/mol. The standard InChI is InChI=1S/C22H28O5/c1-12-8-16-15-5-4-13-9-14(24)6-7-19(13,2)22(15)18(27-22)10-20(16,3)21(12,26)17(25)11-23/h6-7,9,12,15-16,18,23,26H,4-5,8,10-11H2,1-3H3/t12-,15?,16+,18+,19+,20+,21+,22-/m1/s1. The van der Waals surface area contributed by atoms with Crippen molar-refractivity contribution >= 4 is 11.6 Å². The Kier molecular flexibility index (Phi) is 3.29. The fraction of sp³-hybridized carbons (Fsp3) is 0.727. The van der Waals surface area contributed by atoms with Crippen LogP contribution in [0.2, 0.25) is 0 Å². The van der Waals surface area contributed by atoms with E-state index in [-0.39, 0.29) is 40.7 Å². The summed E-state index contributed by atoms with van der Waals surface area (Å²) in [5.74, 6) is -0.193. The van der Waals surface area contributed by atoms with Crippen LogP contribution in [0.25, 0.3) is 0 Å². The number of Topliss-reactive ketones (excluding diaryl/α,β-unsaturated/α-hetero) is 1. The van der Waals surface area contributed by atoms with Gasteiger partial charge in [-0.25, -0.2) is 0 Å². The molecule has 5 rings (SSSR count). The molecule has 0 radical (unpaired) electrons. The van der Waals surface area contributed by atoms with Crippen LogP contribution in [0.1, 0.15) is 46.5 Å². The van der Waals surface area contributed by atoms with Crippen LogP contribution in [-0.4, -0.2) is 45.7 Å². The number of aliphatic hydroxyl groups excluding tert-OH is 1. The van der Waals surface area contributed by atoms with Gasteiger partial charge in [0, 0.05) is 10.8 Å². The van der Waals surface area contributed by atoms with E-state index in [2.05, 4.69) is 6.92 Å². The minimum Gasteiger partial charge on any atom is -0.388 e. The number of rotatable bonds is 2. The van der Waals surface area contributed by atoms with Crippen LogP contribution >= 0.6 is 0 Å². The second-order valence-electron chi connectivity index (χ2n) is 9.86. The first kappa shape index (κ1) is 17.8. The van der Waals surface area contributed by atoms with Crippen molar-refractivity contribution in [2.75, 3.05) is 6.61 Å². The molecule has 0 amide bonds. The molecular formula is C22H28O5. The molecule has 0 aromatic heterocycles. The highest BCUT2D eigenvalue weighted by Crippen LogP contribution is 2.76. The second kappa shape index (κ2) is 5.00. The van der Waals surface area contributed by atoms with E-state index in [4.69, 9.17) is 4.74 Å². The molecule has 3 saturated carbocycles. The lowest BCUT2D eigenvalue weighted by molar-refractivity contribution is -0.165. The fourth-order valence-electron chi connectivity index (χ4n) is 7.70. The molecule has 8 atom stereocenters. The molecule has 4 aliphatic carbocycles. The summed E-state index contributed by atoms with van der Waals surface area (Å²) in [6.07, 6.45) is 8.58. The van der Waals surface area contributed by atoms with E-state index in [1.165, 1.54) is 0 Å². The van der Waals surface area contributed by atoms with E-state index in [1.54, 1.807) is 12.2 Å². The largest absolute Gasteiger partial charge is 0.388 e. The zero-order chi connectivity index (χ0) is 19.4. The van der Waals surface area contributed by atoms with Gasteiger partial charge in [-0.2, -0.15) is 0 Å². The van der Waals surface area contributed by atoms with Gasteiger partial charge < -0.3 is 14.9 Å². The number of hydrogen-bond acceptors (Lipinski definition) is 5. The molecule has 5 heteroatoms. The van der Waals surface area contributed by atoms with E-state index in [1.807, 2.05) is 19.9 Å². The molecule has 5 nitrogen and oxygen atoms in total. The van der Waals surface area contributed by atoms with Gasteiger partial charge in [-0.15, -0.1) is 0 Å². The zero-order valence-electron chi connectivity index (χ0n) is 16.2. The molecule has 1 saturated heterocycles. The van der Waals surface area contributed by atoms with Gasteiger partial charge in [-0.1, -0.05) is 25.5 Å². The molecule has 0 aromatic carbocycles. The van der Waals surface area contributed by atoms with Gasteiger partial charge in [0.2, 0.25) is 0 Å². The van der Waals surface area contributed by atoms with Crippen molar-refractivity contribution in [1.82, 2.24) is 0 Å². The molecule has 2 N–H and O–H groups in total. The SMILES string of the molecule is C[C@@H]1C[C@H]2C3CCC4=CC(=O)C=C[C@]4(C)[C@@]34O[C@H]4C[C@]2(C)[C@@]1(O)C(=O)CO. The first-order valence-electron chi connectivity index (χ1n) is 10.1. The maximum atomic E-state index is 12.6. The third kappa shape index (κ3) is 1.73. The van der Waals surface area contributed by atoms with Gasteiger partial charge in [0.1, 0.15) is 17.8 Å².